The number of nitrogens with zero attached hydrogens (tertiary/aromatic N) is 6. The number of rotatable bonds is 3. The van der Waals surface area contributed by atoms with E-state index in [1.165, 1.54) is 9.13 Å². The molecule has 0 aliphatic heterocycles. The minimum atomic E-state index is -0.348. The van der Waals surface area contributed by atoms with Crippen LogP contribution in [-0.4, -0.2) is 28.5 Å². The summed E-state index contributed by atoms with van der Waals surface area (Å²) in [6.45, 7) is 8.15. The third-order valence-corrected chi connectivity index (χ3v) is 4.08. The molecule has 0 bridgehead atoms. The van der Waals surface area contributed by atoms with Crippen LogP contribution in [0, 0.1) is 19.8 Å². The molecule has 8 heteroatoms. The van der Waals surface area contributed by atoms with Crippen LogP contribution in [-0.2, 0) is 20.6 Å². The molecular weight excluding hydrogens is 308 g/mol. The van der Waals surface area contributed by atoms with Crippen LogP contribution >= 0.6 is 0 Å². The molecule has 0 fully saturated rings. The van der Waals surface area contributed by atoms with E-state index in [0.29, 0.717) is 23.7 Å². The first kappa shape index (κ1) is 16.2. The van der Waals surface area contributed by atoms with Crippen molar-refractivity contribution in [3.05, 3.63) is 38.3 Å². The maximum atomic E-state index is 12.9. The standard InChI is InChI=1S/C16H22N6O2/c1-9(2)8-21-14(23)12-13(20(6)16(21)24)17-15(19(12)5)22-11(4)7-10(3)18-22/h7,9H,8H2,1-6H3. The summed E-state index contributed by atoms with van der Waals surface area (Å²) in [4.78, 5) is 29.9. The Hall–Kier alpha value is -2.64. The molecule has 3 aromatic rings. The molecule has 0 unspecified atom stereocenters. The molecule has 8 nitrogen and oxygen atoms in total. The van der Waals surface area contributed by atoms with Crippen molar-refractivity contribution in [1.82, 2.24) is 28.5 Å². The number of aryl methyl sites for hydroxylation is 4. The van der Waals surface area contributed by atoms with E-state index in [4.69, 9.17) is 0 Å². The zero-order chi connectivity index (χ0) is 17.8. The minimum Gasteiger partial charge on any atom is -0.306 e. The summed E-state index contributed by atoms with van der Waals surface area (Å²) in [5.74, 6) is 0.710. The third-order valence-electron chi connectivity index (χ3n) is 4.08. The van der Waals surface area contributed by atoms with Crippen LogP contribution in [0.15, 0.2) is 15.7 Å². The SMILES string of the molecule is Cc1cc(C)n(-c2nc3c(c(=O)n(CC(C)C)c(=O)n3C)n2C)n1. The third kappa shape index (κ3) is 2.29. The van der Waals surface area contributed by atoms with Gasteiger partial charge in [0.1, 0.15) is 0 Å². The van der Waals surface area contributed by atoms with E-state index in [1.54, 1.807) is 23.3 Å². The highest BCUT2D eigenvalue weighted by Crippen LogP contribution is 2.15. The molecule has 0 spiro atoms. The van der Waals surface area contributed by atoms with Gasteiger partial charge in [0.2, 0.25) is 5.95 Å². The second-order valence-corrected chi connectivity index (χ2v) is 6.63. The van der Waals surface area contributed by atoms with E-state index < -0.39 is 0 Å². The first-order valence-electron chi connectivity index (χ1n) is 7.92. The molecule has 3 rings (SSSR count). The fraction of sp³-hybridized carbons (Fsp3) is 0.500. The Bertz CT molecular complexity index is 1050. The van der Waals surface area contributed by atoms with E-state index >= 15 is 0 Å². The summed E-state index contributed by atoms with van der Waals surface area (Å²) >= 11 is 0. The van der Waals surface area contributed by atoms with Crippen LogP contribution in [0.25, 0.3) is 17.1 Å². The molecule has 0 aliphatic carbocycles. The van der Waals surface area contributed by atoms with Crippen LogP contribution < -0.4 is 11.2 Å². The Morgan fingerprint density at radius 3 is 2.33 bits per heavy atom. The lowest BCUT2D eigenvalue weighted by molar-refractivity contribution is 0.484. The van der Waals surface area contributed by atoms with Crippen molar-refractivity contribution >= 4 is 11.2 Å². The fourth-order valence-electron chi connectivity index (χ4n) is 2.98. The maximum absolute atomic E-state index is 12.9. The van der Waals surface area contributed by atoms with E-state index in [1.807, 2.05) is 33.8 Å². The summed E-state index contributed by atoms with van der Waals surface area (Å²) in [5.41, 5.74) is 1.89. The van der Waals surface area contributed by atoms with E-state index in [9.17, 15) is 9.59 Å². The highest BCUT2D eigenvalue weighted by Gasteiger charge is 2.20. The Kier molecular flexibility index (Phi) is 3.70. The zero-order valence-electron chi connectivity index (χ0n) is 14.9. The Morgan fingerprint density at radius 2 is 1.79 bits per heavy atom. The quantitative estimate of drug-likeness (QED) is 0.714. The summed E-state index contributed by atoms with van der Waals surface area (Å²) in [5, 5.41) is 4.43. The average molecular weight is 330 g/mol. The van der Waals surface area contributed by atoms with Gasteiger partial charge in [-0.2, -0.15) is 10.1 Å². The smallest absolute Gasteiger partial charge is 0.306 e. The normalized spacial score (nSPS) is 11.8. The summed E-state index contributed by atoms with van der Waals surface area (Å²) in [7, 11) is 3.41. The monoisotopic (exact) mass is 330 g/mol. The van der Waals surface area contributed by atoms with Gasteiger partial charge in [-0.3, -0.25) is 13.9 Å². The largest absolute Gasteiger partial charge is 0.332 e. The van der Waals surface area contributed by atoms with Crippen LogP contribution in [0.2, 0.25) is 0 Å². The van der Waals surface area contributed by atoms with Crippen LogP contribution in [0.3, 0.4) is 0 Å². The predicted octanol–water partition coefficient (Wildman–Crippen LogP) is 0.892. The van der Waals surface area contributed by atoms with Crippen LogP contribution in [0.5, 0.6) is 0 Å². The van der Waals surface area contributed by atoms with Crippen molar-refractivity contribution in [2.75, 3.05) is 0 Å². The molecule has 0 aromatic carbocycles. The lowest BCUT2D eigenvalue weighted by atomic mass is 10.2. The molecule has 3 aromatic heterocycles. The van der Waals surface area contributed by atoms with Gasteiger partial charge in [-0.05, 0) is 25.8 Å². The second kappa shape index (κ2) is 5.47. The van der Waals surface area contributed by atoms with Crippen molar-refractivity contribution < 1.29 is 0 Å². The fourth-order valence-corrected chi connectivity index (χ4v) is 2.98. The molecule has 0 N–H and O–H groups in total. The van der Waals surface area contributed by atoms with Crippen LogP contribution in [0.1, 0.15) is 25.2 Å². The number of imidazole rings is 1. The van der Waals surface area contributed by atoms with Crippen molar-refractivity contribution in [3.63, 3.8) is 0 Å². The van der Waals surface area contributed by atoms with E-state index in [0.717, 1.165) is 11.4 Å². The highest BCUT2D eigenvalue weighted by atomic mass is 16.2. The maximum Gasteiger partial charge on any atom is 0.332 e. The molecule has 24 heavy (non-hydrogen) atoms. The van der Waals surface area contributed by atoms with Gasteiger partial charge in [0.05, 0.1) is 5.69 Å². The van der Waals surface area contributed by atoms with Gasteiger partial charge < -0.3 is 4.57 Å². The molecule has 0 saturated heterocycles. The number of fused-ring (bicyclic) bond motifs is 1. The first-order valence-corrected chi connectivity index (χ1v) is 7.92. The molecule has 3 heterocycles. The molecule has 0 saturated carbocycles. The second-order valence-electron chi connectivity index (χ2n) is 6.63. The number of hydrogen-bond donors (Lipinski definition) is 0. The molecular formula is C16H22N6O2. The van der Waals surface area contributed by atoms with Crippen LogP contribution in [0.4, 0.5) is 0 Å². The van der Waals surface area contributed by atoms with Crippen molar-refractivity contribution in [3.8, 4) is 5.95 Å². The minimum absolute atomic E-state index is 0.191. The van der Waals surface area contributed by atoms with Crippen molar-refractivity contribution in [2.45, 2.75) is 34.2 Å². The lowest BCUT2D eigenvalue weighted by Crippen LogP contribution is -2.40. The van der Waals surface area contributed by atoms with Crippen molar-refractivity contribution in [1.29, 1.82) is 0 Å². The molecule has 0 aliphatic rings. The molecule has 0 radical (unpaired) electrons. The van der Waals surface area contributed by atoms with Gasteiger partial charge in [-0.1, -0.05) is 13.8 Å². The molecule has 0 atom stereocenters. The van der Waals surface area contributed by atoms with E-state index in [2.05, 4.69) is 10.1 Å². The average Bonchev–Trinajstić information content (AvgIpc) is 3.00. The topological polar surface area (TPSA) is 79.6 Å². The van der Waals surface area contributed by atoms with Crippen molar-refractivity contribution in [2.24, 2.45) is 20.0 Å². The lowest BCUT2D eigenvalue weighted by Gasteiger charge is -2.10. The van der Waals surface area contributed by atoms with Gasteiger partial charge in [0.15, 0.2) is 11.2 Å². The summed E-state index contributed by atoms with van der Waals surface area (Å²) in [6.07, 6.45) is 0. The highest BCUT2D eigenvalue weighted by molar-refractivity contribution is 5.72. The Balaban J connectivity index is 2.39. The zero-order valence-corrected chi connectivity index (χ0v) is 14.9. The van der Waals surface area contributed by atoms with Gasteiger partial charge in [-0.25, -0.2) is 9.48 Å². The van der Waals surface area contributed by atoms with Gasteiger partial charge in [0.25, 0.3) is 5.56 Å². The van der Waals surface area contributed by atoms with Gasteiger partial charge >= 0.3 is 5.69 Å². The number of hydrogen-bond acceptors (Lipinski definition) is 4. The summed E-state index contributed by atoms with van der Waals surface area (Å²) < 4.78 is 6.09. The Morgan fingerprint density at radius 1 is 1.12 bits per heavy atom. The first-order chi connectivity index (χ1) is 11.2. The number of aromatic nitrogens is 6. The van der Waals surface area contributed by atoms with E-state index in [-0.39, 0.29) is 17.2 Å². The van der Waals surface area contributed by atoms with Gasteiger partial charge in [0, 0.05) is 26.3 Å². The summed E-state index contributed by atoms with van der Waals surface area (Å²) in [6, 6.07) is 1.94. The molecule has 128 valence electrons. The Labute approximate surface area is 139 Å². The predicted molar refractivity (Wildman–Crippen MR) is 91.6 cm³/mol. The van der Waals surface area contributed by atoms with Gasteiger partial charge in [-0.15, -0.1) is 0 Å². The molecule has 0 amide bonds.